The molecule has 1 aliphatic carbocycles. The van der Waals surface area contributed by atoms with E-state index in [4.69, 9.17) is 16.1 Å². The Morgan fingerprint density at radius 3 is 2.53 bits per heavy atom. The van der Waals surface area contributed by atoms with E-state index in [0.29, 0.717) is 24.0 Å². The molecule has 1 amide bonds. The van der Waals surface area contributed by atoms with E-state index in [9.17, 15) is 4.79 Å². The fourth-order valence-corrected chi connectivity index (χ4v) is 4.60. The number of nitrogens with zero attached hydrogens (tertiary/aromatic N) is 5. The normalized spacial score (nSPS) is 17.2. The quantitative estimate of drug-likeness (QED) is 0.577. The molecule has 0 N–H and O–H groups in total. The van der Waals surface area contributed by atoms with Crippen LogP contribution in [0.25, 0.3) is 5.69 Å². The number of halogens is 1. The van der Waals surface area contributed by atoms with Gasteiger partial charge in [-0.15, -0.1) is 0 Å². The van der Waals surface area contributed by atoms with Crippen LogP contribution in [-0.2, 0) is 6.54 Å². The summed E-state index contributed by atoms with van der Waals surface area (Å²) in [5.41, 5.74) is 5.78. The molecule has 8 heteroatoms. The first-order valence-corrected chi connectivity index (χ1v) is 11.6. The van der Waals surface area contributed by atoms with Gasteiger partial charge in [0.15, 0.2) is 0 Å². The number of aromatic nitrogens is 3. The SMILES string of the molecule is Cc1ccc(-n2ncc(C(=O)N3CCN(Cc4c(C)noc4C)CC3)c2C2CC2)cc1Cl. The molecule has 0 unspecified atom stereocenters. The Balaban J connectivity index is 1.32. The van der Waals surface area contributed by atoms with Crippen molar-refractivity contribution in [3.63, 3.8) is 0 Å². The monoisotopic (exact) mass is 453 g/mol. The largest absolute Gasteiger partial charge is 0.361 e. The lowest BCUT2D eigenvalue weighted by Gasteiger charge is -2.34. The molecule has 1 aromatic carbocycles. The summed E-state index contributed by atoms with van der Waals surface area (Å²) in [6, 6.07) is 5.94. The number of aryl methyl sites for hydroxylation is 3. The summed E-state index contributed by atoms with van der Waals surface area (Å²) >= 11 is 6.36. The fraction of sp³-hybridized carbons (Fsp3) is 0.458. The highest BCUT2D eigenvalue weighted by molar-refractivity contribution is 6.31. The lowest BCUT2D eigenvalue weighted by Crippen LogP contribution is -2.48. The highest BCUT2D eigenvalue weighted by Gasteiger charge is 2.35. The second kappa shape index (κ2) is 8.37. The molecule has 1 saturated carbocycles. The Bertz CT molecular complexity index is 1140. The second-order valence-corrected chi connectivity index (χ2v) is 9.34. The van der Waals surface area contributed by atoms with E-state index in [1.807, 2.05) is 48.6 Å². The summed E-state index contributed by atoms with van der Waals surface area (Å²) in [6.07, 6.45) is 3.92. The van der Waals surface area contributed by atoms with Crippen LogP contribution in [0.5, 0.6) is 0 Å². The number of amides is 1. The van der Waals surface area contributed by atoms with Crippen molar-refractivity contribution in [1.82, 2.24) is 24.7 Å². The second-order valence-electron chi connectivity index (χ2n) is 8.93. The number of carbonyl (C=O) groups is 1. The summed E-state index contributed by atoms with van der Waals surface area (Å²) in [6.45, 7) is 9.78. The van der Waals surface area contributed by atoms with Crippen molar-refractivity contribution in [3.05, 3.63) is 63.3 Å². The molecule has 1 aliphatic heterocycles. The van der Waals surface area contributed by atoms with Crippen LogP contribution in [0.1, 0.15) is 57.4 Å². The van der Waals surface area contributed by atoms with E-state index >= 15 is 0 Å². The van der Waals surface area contributed by atoms with Gasteiger partial charge < -0.3 is 9.42 Å². The van der Waals surface area contributed by atoms with Crippen LogP contribution in [-0.4, -0.2) is 56.8 Å². The molecule has 0 radical (unpaired) electrons. The third-order valence-corrected chi connectivity index (χ3v) is 7.03. The number of hydrogen-bond acceptors (Lipinski definition) is 5. The van der Waals surface area contributed by atoms with Crippen LogP contribution in [0.4, 0.5) is 0 Å². The molecule has 32 heavy (non-hydrogen) atoms. The number of carbonyl (C=O) groups excluding carboxylic acids is 1. The molecule has 2 aromatic heterocycles. The van der Waals surface area contributed by atoms with Crippen molar-refractivity contribution >= 4 is 17.5 Å². The Kier molecular flexibility index (Phi) is 5.55. The molecule has 3 aromatic rings. The number of rotatable bonds is 5. The Morgan fingerprint density at radius 1 is 1.16 bits per heavy atom. The summed E-state index contributed by atoms with van der Waals surface area (Å²) in [5.74, 6) is 1.34. The molecule has 0 spiro atoms. The zero-order valence-corrected chi connectivity index (χ0v) is 19.5. The molecule has 2 fully saturated rings. The Morgan fingerprint density at radius 2 is 1.91 bits per heavy atom. The average molecular weight is 454 g/mol. The predicted molar refractivity (Wildman–Crippen MR) is 122 cm³/mol. The van der Waals surface area contributed by atoms with Crippen molar-refractivity contribution in [2.24, 2.45) is 0 Å². The van der Waals surface area contributed by atoms with E-state index < -0.39 is 0 Å². The molecular weight excluding hydrogens is 426 g/mol. The van der Waals surface area contributed by atoms with Gasteiger partial charge in [0.25, 0.3) is 5.91 Å². The minimum atomic E-state index is 0.0772. The first kappa shape index (κ1) is 21.2. The molecule has 7 nitrogen and oxygen atoms in total. The Labute approximate surface area is 192 Å². The van der Waals surface area contributed by atoms with Gasteiger partial charge in [-0.3, -0.25) is 9.69 Å². The zero-order valence-electron chi connectivity index (χ0n) is 18.8. The maximum atomic E-state index is 13.5. The minimum absolute atomic E-state index is 0.0772. The van der Waals surface area contributed by atoms with Gasteiger partial charge in [-0.2, -0.15) is 5.10 Å². The first-order chi connectivity index (χ1) is 15.4. The van der Waals surface area contributed by atoms with Crippen molar-refractivity contribution in [1.29, 1.82) is 0 Å². The zero-order chi connectivity index (χ0) is 22.4. The van der Waals surface area contributed by atoms with Crippen LogP contribution >= 0.6 is 11.6 Å². The van der Waals surface area contributed by atoms with Gasteiger partial charge in [0, 0.05) is 49.2 Å². The molecule has 5 rings (SSSR count). The van der Waals surface area contributed by atoms with Crippen LogP contribution in [0.15, 0.2) is 28.9 Å². The van der Waals surface area contributed by atoms with E-state index in [1.54, 1.807) is 6.20 Å². The van der Waals surface area contributed by atoms with E-state index in [-0.39, 0.29) is 5.91 Å². The van der Waals surface area contributed by atoms with E-state index in [0.717, 1.165) is 72.0 Å². The van der Waals surface area contributed by atoms with E-state index in [1.165, 1.54) is 0 Å². The van der Waals surface area contributed by atoms with Crippen molar-refractivity contribution in [2.45, 2.75) is 46.1 Å². The maximum absolute atomic E-state index is 13.5. The van der Waals surface area contributed by atoms with Gasteiger partial charge >= 0.3 is 0 Å². The summed E-state index contributed by atoms with van der Waals surface area (Å²) in [5, 5.41) is 9.36. The van der Waals surface area contributed by atoms with Crippen LogP contribution in [0, 0.1) is 20.8 Å². The van der Waals surface area contributed by atoms with Gasteiger partial charge in [0.05, 0.1) is 28.8 Å². The first-order valence-electron chi connectivity index (χ1n) is 11.2. The van der Waals surface area contributed by atoms with Crippen LogP contribution in [0.2, 0.25) is 5.02 Å². The van der Waals surface area contributed by atoms with Gasteiger partial charge in [0.1, 0.15) is 5.76 Å². The molecule has 0 bridgehead atoms. The molecular formula is C24H28ClN5O2. The lowest BCUT2D eigenvalue weighted by molar-refractivity contribution is 0.0626. The molecule has 2 aliphatic rings. The van der Waals surface area contributed by atoms with Gasteiger partial charge in [0.2, 0.25) is 0 Å². The number of piperazine rings is 1. The minimum Gasteiger partial charge on any atom is -0.361 e. The lowest BCUT2D eigenvalue weighted by atomic mass is 10.1. The van der Waals surface area contributed by atoms with Crippen molar-refractivity contribution in [2.75, 3.05) is 26.2 Å². The molecule has 1 saturated heterocycles. The maximum Gasteiger partial charge on any atom is 0.257 e. The topological polar surface area (TPSA) is 67.4 Å². The molecule has 3 heterocycles. The highest BCUT2D eigenvalue weighted by Crippen LogP contribution is 2.43. The number of benzene rings is 1. The highest BCUT2D eigenvalue weighted by atomic mass is 35.5. The van der Waals surface area contributed by atoms with Crippen molar-refractivity contribution in [3.8, 4) is 5.69 Å². The summed E-state index contributed by atoms with van der Waals surface area (Å²) < 4.78 is 7.20. The van der Waals surface area contributed by atoms with Gasteiger partial charge in [-0.25, -0.2) is 4.68 Å². The molecule has 0 atom stereocenters. The predicted octanol–water partition coefficient (Wildman–Crippen LogP) is 4.27. The van der Waals surface area contributed by atoms with Crippen LogP contribution in [0.3, 0.4) is 0 Å². The van der Waals surface area contributed by atoms with Crippen LogP contribution < -0.4 is 0 Å². The third-order valence-electron chi connectivity index (χ3n) is 6.62. The van der Waals surface area contributed by atoms with Gasteiger partial charge in [-0.1, -0.05) is 22.8 Å². The summed E-state index contributed by atoms with van der Waals surface area (Å²) in [7, 11) is 0. The van der Waals surface area contributed by atoms with E-state index in [2.05, 4.69) is 15.2 Å². The summed E-state index contributed by atoms with van der Waals surface area (Å²) in [4.78, 5) is 17.8. The average Bonchev–Trinajstić information content (AvgIpc) is 3.47. The molecule has 168 valence electrons. The Hall–Kier alpha value is -2.64. The fourth-order valence-electron chi connectivity index (χ4n) is 4.42. The third kappa shape index (κ3) is 3.95. The smallest absolute Gasteiger partial charge is 0.257 e. The van der Waals surface area contributed by atoms with Gasteiger partial charge in [-0.05, 0) is 51.3 Å². The van der Waals surface area contributed by atoms with Crippen molar-refractivity contribution < 1.29 is 9.32 Å². The standard InChI is InChI=1S/C24H28ClN5O2/c1-15-4-7-19(12-22(15)25)30-23(18-5-6-18)20(13-26-30)24(31)29-10-8-28(9-11-29)14-21-16(2)27-32-17(21)3/h4,7,12-13,18H,5-6,8-11,14H2,1-3H3. The number of hydrogen-bond donors (Lipinski definition) is 0.